The van der Waals surface area contributed by atoms with Crippen LogP contribution in [-0.4, -0.2) is 51.1 Å². The van der Waals surface area contributed by atoms with E-state index in [9.17, 15) is 4.79 Å². The summed E-state index contributed by atoms with van der Waals surface area (Å²) in [6.45, 7) is 13.4. The highest BCUT2D eigenvalue weighted by molar-refractivity contribution is 6.74. The van der Waals surface area contributed by atoms with Gasteiger partial charge in [-0.1, -0.05) is 32.4 Å². The number of halogens is 2. The van der Waals surface area contributed by atoms with Crippen molar-refractivity contribution in [3.63, 3.8) is 0 Å². The van der Waals surface area contributed by atoms with Gasteiger partial charge in [0.2, 0.25) is 0 Å². The molecule has 1 fully saturated rings. The van der Waals surface area contributed by atoms with Crippen molar-refractivity contribution in [1.82, 2.24) is 0 Å². The number of esters is 1. The molecule has 1 saturated heterocycles. The molecular formula is C15H28ClFO5Si. The molecule has 0 aliphatic carbocycles. The summed E-state index contributed by atoms with van der Waals surface area (Å²) in [4.78, 5) is 11.8. The second-order valence-corrected chi connectivity index (χ2v) is 13.1. The predicted octanol–water partition coefficient (Wildman–Crippen LogP) is 3.61. The zero-order valence-electron chi connectivity index (χ0n) is 15.2. The standard InChI is InChI=1S/C15H28ClFO5Si/c1-13(2,3)23(7,8)22-11(15(16,17)12(18)19-6)10-9-20-14(4,5)21-10/h10-11H,9H2,1-8H3/t10-,11?,15?/m1/s1. The minimum Gasteiger partial charge on any atom is -0.466 e. The highest BCUT2D eigenvalue weighted by atomic mass is 35.5. The van der Waals surface area contributed by atoms with Crippen LogP contribution in [-0.2, 0) is 23.4 Å². The molecule has 0 spiro atoms. The molecule has 0 saturated carbocycles. The summed E-state index contributed by atoms with van der Waals surface area (Å²) in [5, 5.41) is -3.04. The SMILES string of the molecule is COC(=O)C(F)(Cl)C(O[Si](C)(C)C(C)(C)C)[C@H]1COC(C)(C)O1. The fourth-order valence-electron chi connectivity index (χ4n) is 1.99. The molecule has 5 nitrogen and oxygen atoms in total. The Hall–Kier alpha value is -0.213. The van der Waals surface area contributed by atoms with E-state index in [4.69, 9.17) is 25.5 Å². The highest BCUT2D eigenvalue weighted by Crippen LogP contribution is 2.42. The van der Waals surface area contributed by atoms with Crippen LogP contribution in [0.25, 0.3) is 0 Å². The average Bonchev–Trinajstić information content (AvgIpc) is 2.73. The molecule has 0 aromatic heterocycles. The molecule has 8 heteroatoms. The predicted molar refractivity (Wildman–Crippen MR) is 88.7 cm³/mol. The van der Waals surface area contributed by atoms with E-state index in [0.29, 0.717) is 0 Å². The Morgan fingerprint density at radius 1 is 1.39 bits per heavy atom. The fraction of sp³-hybridized carbons (Fsp3) is 0.933. The van der Waals surface area contributed by atoms with Crippen molar-refractivity contribution in [3.8, 4) is 0 Å². The minimum atomic E-state index is -2.85. The Morgan fingerprint density at radius 2 is 1.91 bits per heavy atom. The smallest absolute Gasteiger partial charge is 0.362 e. The first kappa shape index (κ1) is 20.8. The van der Waals surface area contributed by atoms with Crippen molar-refractivity contribution in [2.24, 2.45) is 0 Å². The Morgan fingerprint density at radius 3 is 2.26 bits per heavy atom. The van der Waals surface area contributed by atoms with Gasteiger partial charge in [-0.25, -0.2) is 9.18 Å². The van der Waals surface area contributed by atoms with Crippen LogP contribution in [0.15, 0.2) is 0 Å². The first-order chi connectivity index (χ1) is 10.1. The molecule has 0 aromatic carbocycles. The lowest BCUT2D eigenvalue weighted by Crippen LogP contribution is -2.57. The lowest BCUT2D eigenvalue weighted by molar-refractivity contribution is -0.171. The Labute approximate surface area is 143 Å². The normalized spacial score (nSPS) is 25.7. The minimum absolute atomic E-state index is 0.0850. The van der Waals surface area contributed by atoms with Crippen LogP contribution >= 0.6 is 11.6 Å². The number of carbonyl (C=O) groups is 1. The first-order valence-corrected chi connectivity index (χ1v) is 10.9. The summed E-state index contributed by atoms with van der Waals surface area (Å²) >= 11 is 5.90. The zero-order chi connectivity index (χ0) is 18.3. The van der Waals surface area contributed by atoms with Gasteiger partial charge in [-0.3, -0.25) is 0 Å². The lowest BCUT2D eigenvalue weighted by Gasteiger charge is -2.42. The topological polar surface area (TPSA) is 54.0 Å². The third-order valence-electron chi connectivity index (χ3n) is 4.41. The van der Waals surface area contributed by atoms with E-state index >= 15 is 4.39 Å². The molecule has 1 aliphatic heterocycles. The molecule has 23 heavy (non-hydrogen) atoms. The lowest BCUT2D eigenvalue weighted by atomic mass is 10.1. The van der Waals surface area contributed by atoms with Crippen LogP contribution in [0, 0.1) is 0 Å². The first-order valence-electron chi connectivity index (χ1n) is 7.60. The van der Waals surface area contributed by atoms with Crippen LogP contribution in [0.1, 0.15) is 34.6 Å². The molecule has 0 aromatic rings. The average molecular weight is 371 g/mol. The number of alkyl halides is 2. The summed E-state index contributed by atoms with van der Waals surface area (Å²) in [7, 11) is -1.34. The van der Waals surface area contributed by atoms with E-state index in [1.807, 2.05) is 33.9 Å². The third kappa shape index (κ3) is 4.66. The van der Waals surface area contributed by atoms with Gasteiger partial charge in [-0.05, 0) is 32.0 Å². The van der Waals surface area contributed by atoms with Gasteiger partial charge in [0, 0.05) is 0 Å². The largest absolute Gasteiger partial charge is 0.466 e. The third-order valence-corrected chi connectivity index (χ3v) is 9.24. The van der Waals surface area contributed by atoms with Gasteiger partial charge in [0.15, 0.2) is 14.1 Å². The van der Waals surface area contributed by atoms with Gasteiger partial charge < -0.3 is 18.6 Å². The summed E-state index contributed by atoms with van der Waals surface area (Å²) < 4.78 is 36.8. The van der Waals surface area contributed by atoms with Gasteiger partial charge >= 0.3 is 11.1 Å². The van der Waals surface area contributed by atoms with Gasteiger partial charge in [0.05, 0.1) is 13.7 Å². The maximum atomic E-state index is 15.0. The molecule has 3 atom stereocenters. The zero-order valence-corrected chi connectivity index (χ0v) is 16.9. The van der Waals surface area contributed by atoms with Crippen molar-refractivity contribution in [1.29, 1.82) is 0 Å². The number of rotatable bonds is 5. The monoisotopic (exact) mass is 370 g/mol. The number of hydrogen-bond acceptors (Lipinski definition) is 5. The number of carbonyl (C=O) groups excluding carboxylic acids is 1. The number of ether oxygens (including phenoxy) is 3. The Kier molecular flexibility index (Phi) is 5.97. The quantitative estimate of drug-likeness (QED) is 0.420. The number of methoxy groups -OCH3 is 1. The maximum absolute atomic E-state index is 15.0. The molecular weight excluding hydrogens is 343 g/mol. The molecule has 0 amide bonds. The van der Waals surface area contributed by atoms with Crippen molar-refractivity contribution >= 4 is 25.9 Å². The van der Waals surface area contributed by atoms with Crippen LogP contribution in [0.5, 0.6) is 0 Å². The molecule has 1 heterocycles. The molecule has 0 N–H and O–H groups in total. The van der Waals surface area contributed by atoms with E-state index < -0.39 is 37.4 Å². The van der Waals surface area contributed by atoms with Crippen molar-refractivity contribution < 1.29 is 27.8 Å². The Bertz CT molecular complexity index is 448. The van der Waals surface area contributed by atoms with Crippen molar-refractivity contribution in [3.05, 3.63) is 0 Å². The van der Waals surface area contributed by atoms with E-state index in [-0.39, 0.29) is 11.6 Å². The molecule has 1 aliphatic rings. The summed E-state index contributed by atoms with van der Waals surface area (Å²) in [5.74, 6) is -2.08. The van der Waals surface area contributed by atoms with Crippen LogP contribution < -0.4 is 0 Å². The van der Waals surface area contributed by atoms with Gasteiger partial charge in [-0.15, -0.1) is 0 Å². The summed E-state index contributed by atoms with van der Waals surface area (Å²) in [6, 6.07) is 0. The molecule has 0 bridgehead atoms. The van der Waals surface area contributed by atoms with Crippen molar-refractivity contribution in [2.75, 3.05) is 13.7 Å². The Balaban J connectivity index is 3.15. The second kappa shape index (κ2) is 6.59. The van der Waals surface area contributed by atoms with Crippen LogP contribution in [0.3, 0.4) is 0 Å². The molecule has 0 radical (unpaired) electrons. The molecule has 2 unspecified atom stereocenters. The van der Waals surface area contributed by atoms with Gasteiger partial charge in [0.1, 0.15) is 12.2 Å². The number of hydrogen-bond donors (Lipinski definition) is 0. The van der Waals surface area contributed by atoms with Crippen molar-refractivity contribution in [2.45, 2.75) is 75.9 Å². The van der Waals surface area contributed by atoms with Crippen LogP contribution in [0.2, 0.25) is 18.1 Å². The summed E-state index contributed by atoms with van der Waals surface area (Å²) in [6.07, 6.45) is -2.12. The molecule has 1 rings (SSSR count). The van der Waals surface area contributed by atoms with Gasteiger partial charge in [-0.2, -0.15) is 0 Å². The fourth-order valence-corrected chi connectivity index (χ4v) is 3.63. The van der Waals surface area contributed by atoms with E-state index in [0.717, 1.165) is 7.11 Å². The van der Waals surface area contributed by atoms with E-state index in [2.05, 4.69) is 4.74 Å². The maximum Gasteiger partial charge on any atom is 0.362 e. The second-order valence-electron chi connectivity index (χ2n) is 7.78. The van der Waals surface area contributed by atoms with E-state index in [1.54, 1.807) is 13.8 Å². The van der Waals surface area contributed by atoms with Crippen LogP contribution in [0.4, 0.5) is 4.39 Å². The van der Waals surface area contributed by atoms with Gasteiger partial charge in [0.25, 0.3) is 0 Å². The highest BCUT2D eigenvalue weighted by Gasteiger charge is 2.57. The summed E-state index contributed by atoms with van der Waals surface area (Å²) in [5.41, 5.74) is 0. The van der Waals surface area contributed by atoms with E-state index in [1.165, 1.54) is 0 Å². The molecule has 136 valence electrons.